The molecule has 0 spiro atoms. The van der Waals surface area contributed by atoms with Gasteiger partial charge in [-0.2, -0.15) is 0 Å². The predicted molar refractivity (Wildman–Crippen MR) is 110 cm³/mol. The van der Waals surface area contributed by atoms with E-state index >= 15 is 0 Å². The minimum atomic E-state index is -0.0597. The zero-order valence-corrected chi connectivity index (χ0v) is 18.1. The van der Waals surface area contributed by atoms with E-state index in [0.717, 1.165) is 47.8 Å². The second-order valence-electron chi connectivity index (χ2n) is 11.6. The Labute approximate surface area is 162 Å². The summed E-state index contributed by atoms with van der Waals surface area (Å²) < 4.78 is 0. The molecule has 1 unspecified atom stereocenters. The van der Waals surface area contributed by atoms with Crippen LogP contribution < -0.4 is 0 Å². The SMILES string of the molecule is CCC[C@@H](C)[C@H]1CC[C@H]2[C@@H]3CC[C@@H]4C[C@H](C)CC[C@]4(C)C3C[C@H](O)[C@]12C. The van der Waals surface area contributed by atoms with E-state index in [2.05, 4.69) is 34.6 Å². The highest BCUT2D eigenvalue weighted by atomic mass is 16.3. The Morgan fingerprint density at radius 1 is 1.00 bits per heavy atom. The third-order valence-electron chi connectivity index (χ3n) is 10.5. The summed E-state index contributed by atoms with van der Waals surface area (Å²) >= 11 is 0. The van der Waals surface area contributed by atoms with Crippen LogP contribution in [0.4, 0.5) is 0 Å². The summed E-state index contributed by atoms with van der Waals surface area (Å²) in [5, 5.41) is 11.5. The molecule has 1 N–H and O–H groups in total. The lowest BCUT2D eigenvalue weighted by Gasteiger charge is -2.62. The summed E-state index contributed by atoms with van der Waals surface area (Å²) in [6, 6.07) is 0. The average molecular weight is 361 g/mol. The first-order chi connectivity index (χ1) is 12.3. The standard InChI is InChI=1S/C25H44O/c1-6-7-17(3)20-10-11-21-19-9-8-18-14-16(2)12-13-24(18,4)22(19)15-23(26)25(20,21)5/h16-23,26H,6-15H2,1-5H3/t16-,17-,18-,19+,20-,21+,22?,23+,24+,25-/m1/s1. The van der Waals surface area contributed by atoms with Gasteiger partial charge in [-0.15, -0.1) is 0 Å². The van der Waals surface area contributed by atoms with Crippen LogP contribution in [0.5, 0.6) is 0 Å². The molecule has 0 bridgehead atoms. The van der Waals surface area contributed by atoms with Crippen LogP contribution in [0, 0.1) is 52.3 Å². The fourth-order valence-corrected chi connectivity index (χ4v) is 9.05. The normalized spacial score (nSPS) is 54.9. The van der Waals surface area contributed by atoms with Gasteiger partial charge in [-0.1, -0.05) is 53.9 Å². The lowest BCUT2D eigenvalue weighted by atomic mass is 9.43. The molecule has 150 valence electrons. The summed E-state index contributed by atoms with van der Waals surface area (Å²) in [6.07, 6.45) is 13.7. The third kappa shape index (κ3) is 2.66. The number of rotatable bonds is 3. The van der Waals surface area contributed by atoms with Gasteiger partial charge in [0.2, 0.25) is 0 Å². The first-order valence-corrected chi connectivity index (χ1v) is 12.0. The molecular weight excluding hydrogens is 316 g/mol. The zero-order chi connectivity index (χ0) is 18.7. The van der Waals surface area contributed by atoms with Crippen LogP contribution in [0.3, 0.4) is 0 Å². The molecule has 0 aliphatic heterocycles. The lowest BCUT2D eigenvalue weighted by molar-refractivity contribution is -0.171. The Balaban J connectivity index is 1.61. The molecule has 0 amide bonds. The van der Waals surface area contributed by atoms with Gasteiger partial charge in [-0.25, -0.2) is 0 Å². The van der Waals surface area contributed by atoms with Crippen molar-refractivity contribution in [3.8, 4) is 0 Å². The molecule has 0 radical (unpaired) electrons. The maximum Gasteiger partial charge on any atom is 0.0602 e. The van der Waals surface area contributed by atoms with Crippen molar-refractivity contribution in [2.45, 2.75) is 105 Å². The van der Waals surface area contributed by atoms with Crippen LogP contribution in [0.2, 0.25) is 0 Å². The van der Waals surface area contributed by atoms with Crippen molar-refractivity contribution >= 4 is 0 Å². The van der Waals surface area contributed by atoms with E-state index in [9.17, 15) is 5.11 Å². The number of hydrogen-bond acceptors (Lipinski definition) is 1. The number of aliphatic hydroxyl groups excluding tert-OH is 1. The fraction of sp³-hybridized carbons (Fsp3) is 1.00. The Hall–Kier alpha value is -0.0400. The van der Waals surface area contributed by atoms with Gasteiger partial charge in [0.1, 0.15) is 0 Å². The van der Waals surface area contributed by atoms with Gasteiger partial charge in [0.15, 0.2) is 0 Å². The van der Waals surface area contributed by atoms with E-state index in [0.29, 0.717) is 5.41 Å². The van der Waals surface area contributed by atoms with Crippen molar-refractivity contribution in [2.75, 3.05) is 0 Å². The summed E-state index contributed by atoms with van der Waals surface area (Å²) in [5.41, 5.74) is 0.714. The minimum Gasteiger partial charge on any atom is -0.393 e. The van der Waals surface area contributed by atoms with E-state index < -0.39 is 0 Å². The average Bonchev–Trinajstić information content (AvgIpc) is 2.96. The number of fused-ring (bicyclic) bond motifs is 5. The second kappa shape index (κ2) is 6.78. The molecule has 0 aromatic heterocycles. The summed E-state index contributed by atoms with van der Waals surface area (Å²) in [4.78, 5) is 0. The number of aliphatic hydroxyl groups is 1. The van der Waals surface area contributed by atoms with Crippen LogP contribution >= 0.6 is 0 Å². The van der Waals surface area contributed by atoms with Gasteiger partial charge in [0, 0.05) is 0 Å². The van der Waals surface area contributed by atoms with Crippen molar-refractivity contribution < 1.29 is 5.11 Å². The molecule has 26 heavy (non-hydrogen) atoms. The Morgan fingerprint density at radius 2 is 1.77 bits per heavy atom. The topological polar surface area (TPSA) is 20.2 Å². The molecule has 4 aliphatic rings. The molecule has 0 aromatic rings. The second-order valence-corrected chi connectivity index (χ2v) is 11.6. The predicted octanol–water partition coefficient (Wildman–Crippen LogP) is 6.69. The molecule has 0 aromatic carbocycles. The lowest BCUT2D eigenvalue weighted by Crippen LogP contribution is -2.58. The smallest absolute Gasteiger partial charge is 0.0602 e. The van der Waals surface area contributed by atoms with Gasteiger partial charge in [0.25, 0.3) is 0 Å². The summed E-state index contributed by atoms with van der Waals surface area (Å²) in [7, 11) is 0. The van der Waals surface area contributed by atoms with Gasteiger partial charge < -0.3 is 5.11 Å². The molecular formula is C25H44O. The van der Waals surface area contributed by atoms with Crippen LogP contribution in [-0.4, -0.2) is 11.2 Å². The quantitative estimate of drug-likeness (QED) is 0.594. The number of hydrogen-bond donors (Lipinski definition) is 1. The molecule has 4 rings (SSSR count). The van der Waals surface area contributed by atoms with Crippen molar-refractivity contribution in [3.05, 3.63) is 0 Å². The van der Waals surface area contributed by atoms with Gasteiger partial charge >= 0.3 is 0 Å². The van der Waals surface area contributed by atoms with Crippen LogP contribution in [0.1, 0.15) is 98.8 Å². The first kappa shape index (κ1) is 19.3. The van der Waals surface area contributed by atoms with Crippen LogP contribution in [0.25, 0.3) is 0 Å². The molecule has 0 saturated heterocycles. The summed E-state index contributed by atoms with van der Waals surface area (Å²) in [5.74, 6) is 5.87. The van der Waals surface area contributed by atoms with Gasteiger partial charge in [0.05, 0.1) is 6.10 Å². The molecule has 1 heteroatoms. The highest BCUT2D eigenvalue weighted by molar-refractivity contribution is 5.12. The van der Waals surface area contributed by atoms with E-state index in [1.54, 1.807) is 0 Å². The molecule has 0 heterocycles. The van der Waals surface area contributed by atoms with E-state index in [-0.39, 0.29) is 11.5 Å². The molecule has 4 aliphatic carbocycles. The minimum absolute atomic E-state index is 0.0597. The molecule has 1 nitrogen and oxygen atoms in total. The Bertz CT molecular complexity index is 514. The summed E-state index contributed by atoms with van der Waals surface area (Å²) in [6.45, 7) is 12.4. The van der Waals surface area contributed by atoms with Gasteiger partial charge in [-0.05, 0) is 97.2 Å². The van der Waals surface area contributed by atoms with E-state index in [1.165, 1.54) is 57.8 Å². The van der Waals surface area contributed by atoms with E-state index in [1.807, 2.05) is 0 Å². The maximum absolute atomic E-state index is 11.5. The van der Waals surface area contributed by atoms with Crippen LogP contribution in [0.15, 0.2) is 0 Å². The van der Waals surface area contributed by atoms with Crippen molar-refractivity contribution in [2.24, 2.45) is 52.3 Å². The highest BCUT2D eigenvalue weighted by Crippen LogP contribution is 2.68. The largest absolute Gasteiger partial charge is 0.393 e. The van der Waals surface area contributed by atoms with Crippen molar-refractivity contribution in [1.82, 2.24) is 0 Å². The van der Waals surface area contributed by atoms with Crippen molar-refractivity contribution in [3.63, 3.8) is 0 Å². The Kier molecular flexibility index (Phi) is 5.03. The molecule has 4 fully saturated rings. The fourth-order valence-electron chi connectivity index (χ4n) is 9.05. The molecule has 10 atom stereocenters. The highest BCUT2D eigenvalue weighted by Gasteiger charge is 2.63. The van der Waals surface area contributed by atoms with Crippen LogP contribution in [-0.2, 0) is 0 Å². The third-order valence-corrected chi connectivity index (χ3v) is 10.5. The Morgan fingerprint density at radius 3 is 2.50 bits per heavy atom. The zero-order valence-electron chi connectivity index (χ0n) is 18.1. The van der Waals surface area contributed by atoms with Crippen molar-refractivity contribution in [1.29, 1.82) is 0 Å². The maximum atomic E-state index is 11.5. The first-order valence-electron chi connectivity index (χ1n) is 12.0. The monoisotopic (exact) mass is 360 g/mol. The molecule has 4 saturated carbocycles. The van der Waals surface area contributed by atoms with E-state index in [4.69, 9.17) is 0 Å². The van der Waals surface area contributed by atoms with Gasteiger partial charge in [-0.3, -0.25) is 0 Å².